The zero-order valence-corrected chi connectivity index (χ0v) is 10.3. The van der Waals surface area contributed by atoms with E-state index in [9.17, 15) is 5.21 Å². The second kappa shape index (κ2) is 5.24. The summed E-state index contributed by atoms with van der Waals surface area (Å²) in [7, 11) is -0.611. The smallest absolute Gasteiger partial charge is 0.154 e. The van der Waals surface area contributed by atoms with Crippen molar-refractivity contribution in [3.8, 4) is 0 Å². The molecule has 0 saturated carbocycles. The Kier molecular flexibility index (Phi) is 4.50. The van der Waals surface area contributed by atoms with Crippen LogP contribution in [0, 0.1) is 5.21 Å². The summed E-state index contributed by atoms with van der Waals surface area (Å²) < 4.78 is 0. The van der Waals surface area contributed by atoms with Gasteiger partial charge in [-0.15, -0.1) is 0 Å². The molecule has 1 fully saturated rings. The van der Waals surface area contributed by atoms with Gasteiger partial charge in [0.05, 0.1) is 5.66 Å². The Labute approximate surface area is 97.2 Å². The van der Waals surface area contributed by atoms with Crippen molar-refractivity contribution < 1.29 is 22.2 Å². The van der Waals surface area contributed by atoms with E-state index >= 15 is 0 Å². The molecule has 4 atom stereocenters. The lowest BCUT2D eigenvalue weighted by Crippen LogP contribution is -3.00. The standard InChI is InChI=1S/C10H14NO2P.ClH/c1-8-10(13-11(12)14(8)2)9-6-4-3-5-7-9;/h3-8,10-11H,1-2H3;1H/p-1/t8-,10-,14?;/m0./s1. The van der Waals surface area contributed by atoms with Crippen molar-refractivity contribution in [1.29, 1.82) is 0 Å². The van der Waals surface area contributed by atoms with Gasteiger partial charge < -0.3 is 17.6 Å². The highest BCUT2D eigenvalue weighted by molar-refractivity contribution is 7.50. The van der Waals surface area contributed by atoms with Crippen molar-refractivity contribution in [3.05, 3.63) is 41.1 Å². The van der Waals surface area contributed by atoms with Crippen LogP contribution in [0.4, 0.5) is 0 Å². The Bertz CT molecular complexity index is 312. The van der Waals surface area contributed by atoms with Gasteiger partial charge in [0.2, 0.25) is 0 Å². The highest BCUT2D eigenvalue weighted by atomic mass is 35.5. The molecule has 2 rings (SSSR count). The number of nitrogens with one attached hydrogen (secondary N) is 1. The summed E-state index contributed by atoms with van der Waals surface area (Å²) in [6, 6.07) is 9.96. The highest BCUT2D eigenvalue weighted by Gasteiger charge is 2.40. The Morgan fingerprint density at radius 1 is 1.33 bits per heavy atom. The van der Waals surface area contributed by atoms with Crippen molar-refractivity contribution in [1.82, 2.24) is 0 Å². The maximum atomic E-state index is 11.4. The molecule has 3 nitrogen and oxygen atoms in total. The summed E-state index contributed by atoms with van der Waals surface area (Å²) in [6.07, 6.45) is -0.0280. The Morgan fingerprint density at radius 3 is 2.40 bits per heavy atom. The molecule has 15 heavy (non-hydrogen) atoms. The molecule has 1 heterocycles. The van der Waals surface area contributed by atoms with Crippen LogP contribution in [0.2, 0.25) is 0 Å². The molecular weight excluding hydrogens is 233 g/mol. The van der Waals surface area contributed by atoms with Gasteiger partial charge in [0.1, 0.15) is 8.07 Å². The second-order valence-corrected chi connectivity index (χ2v) is 5.97. The van der Waals surface area contributed by atoms with E-state index in [0.29, 0.717) is 5.66 Å². The Balaban J connectivity index is 0.00000112. The topological polar surface area (TPSA) is 36.7 Å². The third-order valence-electron chi connectivity index (χ3n) is 2.69. The number of benzene rings is 1. The van der Waals surface area contributed by atoms with E-state index in [-0.39, 0.29) is 23.5 Å². The van der Waals surface area contributed by atoms with E-state index in [1.54, 1.807) is 0 Å². The molecule has 1 aliphatic rings. The number of hydrogen-bond donors (Lipinski definition) is 1. The summed E-state index contributed by atoms with van der Waals surface area (Å²) in [5.74, 6) is 0. The van der Waals surface area contributed by atoms with Crippen LogP contribution < -0.4 is 17.4 Å². The fourth-order valence-corrected chi connectivity index (χ4v) is 2.90. The SMILES string of the molecule is C[C@H]1[C@@H](c2ccccc2)O[NH+]([O-])P1C.[Cl-]. The van der Waals surface area contributed by atoms with Crippen LogP contribution >= 0.6 is 8.07 Å². The lowest BCUT2D eigenvalue weighted by molar-refractivity contribution is -0.944. The summed E-state index contributed by atoms with van der Waals surface area (Å²) in [6.45, 7) is 4.08. The second-order valence-electron chi connectivity index (χ2n) is 3.57. The fourth-order valence-electron chi connectivity index (χ4n) is 1.65. The first-order valence-electron chi connectivity index (χ1n) is 4.68. The zero-order chi connectivity index (χ0) is 10.1. The van der Waals surface area contributed by atoms with Gasteiger partial charge in [-0.05, 0) is 5.56 Å². The predicted octanol–water partition coefficient (Wildman–Crippen LogP) is -1.53. The number of quaternary nitrogens is 1. The molecule has 0 radical (unpaired) electrons. The van der Waals surface area contributed by atoms with E-state index in [2.05, 4.69) is 6.92 Å². The van der Waals surface area contributed by atoms with Gasteiger partial charge in [-0.3, -0.25) is 0 Å². The summed E-state index contributed by atoms with van der Waals surface area (Å²) in [5, 5.41) is 11.4. The van der Waals surface area contributed by atoms with Gasteiger partial charge in [0.25, 0.3) is 0 Å². The minimum atomic E-state index is -0.611. The zero-order valence-electron chi connectivity index (χ0n) is 8.68. The molecule has 5 heteroatoms. The third-order valence-corrected chi connectivity index (χ3v) is 4.87. The molecular formula is C10H14ClNO2P-. The molecule has 1 saturated heterocycles. The molecule has 1 aromatic carbocycles. The predicted molar refractivity (Wildman–Crippen MR) is 56.9 cm³/mol. The van der Waals surface area contributed by atoms with E-state index < -0.39 is 8.07 Å². The van der Waals surface area contributed by atoms with E-state index in [1.807, 2.05) is 37.0 Å². The van der Waals surface area contributed by atoms with Crippen molar-refractivity contribution >= 4 is 8.07 Å². The average molecular weight is 247 g/mol. The van der Waals surface area contributed by atoms with Crippen LogP contribution in [0.1, 0.15) is 18.6 Å². The molecule has 0 bridgehead atoms. The van der Waals surface area contributed by atoms with Gasteiger partial charge in [-0.1, -0.05) is 37.3 Å². The number of rotatable bonds is 1. The lowest BCUT2D eigenvalue weighted by atomic mass is 10.1. The number of halogens is 1. The summed E-state index contributed by atoms with van der Waals surface area (Å²) >= 11 is 0. The van der Waals surface area contributed by atoms with Crippen LogP contribution in [0.15, 0.2) is 30.3 Å². The maximum Gasteiger partial charge on any atom is 0.154 e. The van der Waals surface area contributed by atoms with Crippen molar-refractivity contribution in [2.24, 2.45) is 0 Å². The molecule has 1 aliphatic heterocycles. The molecule has 0 aromatic heterocycles. The van der Waals surface area contributed by atoms with Crippen LogP contribution in [-0.2, 0) is 4.84 Å². The normalized spacial score (nSPS) is 34.9. The Hall–Kier alpha value is -0.180. The van der Waals surface area contributed by atoms with E-state index in [4.69, 9.17) is 4.84 Å². The lowest BCUT2D eigenvalue weighted by Gasteiger charge is -2.16. The first-order chi connectivity index (χ1) is 6.70. The van der Waals surface area contributed by atoms with E-state index in [1.165, 1.54) is 0 Å². The van der Waals surface area contributed by atoms with Crippen LogP contribution in [-0.4, -0.2) is 12.3 Å². The maximum absolute atomic E-state index is 11.4. The quantitative estimate of drug-likeness (QED) is 0.483. The Morgan fingerprint density at radius 2 is 1.93 bits per heavy atom. The minimum Gasteiger partial charge on any atom is -1.00 e. The average Bonchev–Trinajstić information content (AvgIpc) is 2.47. The van der Waals surface area contributed by atoms with Gasteiger partial charge >= 0.3 is 0 Å². The first kappa shape index (κ1) is 12.9. The molecule has 0 aliphatic carbocycles. The number of hydrogen-bond acceptors (Lipinski definition) is 2. The summed E-state index contributed by atoms with van der Waals surface area (Å²) in [5.41, 5.74) is 1.44. The first-order valence-corrected chi connectivity index (χ1v) is 6.54. The monoisotopic (exact) mass is 246 g/mol. The molecule has 84 valence electrons. The largest absolute Gasteiger partial charge is 1.00 e. The van der Waals surface area contributed by atoms with Crippen molar-refractivity contribution in [2.45, 2.75) is 18.7 Å². The minimum absolute atomic E-state index is 0. The van der Waals surface area contributed by atoms with Crippen LogP contribution in [0.25, 0.3) is 0 Å². The molecule has 0 amide bonds. The third kappa shape index (κ3) is 2.49. The molecule has 1 aromatic rings. The molecule has 0 spiro atoms. The van der Waals surface area contributed by atoms with Gasteiger partial charge in [0.15, 0.2) is 6.10 Å². The highest BCUT2D eigenvalue weighted by Crippen LogP contribution is 2.42. The van der Waals surface area contributed by atoms with Crippen molar-refractivity contribution in [3.63, 3.8) is 0 Å². The van der Waals surface area contributed by atoms with E-state index in [0.717, 1.165) is 5.56 Å². The molecule has 2 unspecified atom stereocenters. The van der Waals surface area contributed by atoms with Gasteiger partial charge in [0, 0.05) is 6.66 Å². The fraction of sp³-hybridized carbons (Fsp3) is 0.400. The van der Waals surface area contributed by atoms with Crippen molar-refractivity contribution in [2.75, 3.05) is 6.66 Å². The summed E-state index contributed by atoms with van der Waals surface area (Å²) in [4.78, 5) is 5.35. The van der Waals surface area contributed by atoms with Crippen LogP contribution in [0.3, 0.4) is 0 Å². The molecule has 1 N–H and O–H groups in total. The van der Waals surface area contributed by atoms with Gasteiger partial charge in [-0.2, -0.15) is 4.84 Å². The van der Waals surface area contributed by atoms with Crippen LogP contribution in [0.5, 0.6) is 0 Å². The van der Waals surface area contributed by atoms with Gasteiger partial charge in [-0.25, -0.2) is 5.00 Å².